The summed E-state index contributed by atoms with van der Waals surface area (Å²) in [5.41, 5.74) is 10.4. The van der Waals surface area contributed by atoms with Crippen LogP contribution in [0.25, 0.3) is 0 Å². The summed E-state index contributed by atoms with van der Waals surface area (Å²) in [6, 6.07) is -1.12. The van der Waals surface area contributed by atoms with Gasteiger partial charge in [0.15, 0.2) is 0 Å². The van der Waals surface area contributed by atoms with Crippen LogP contribution in [0, 0.1) is 0 Å². The van der Waals surface area contributed by atoms with Crippen LogP contribution in [0.4, 0.5) is 4.79 Å². The van der Waals surface area contributed by atoms with Gasteiger partial charge in [0.05, 0.1) is 6.61 Å². The molecule has 142 valence electrons. The Morgan fingerprint density at radius 2 is 1.54 bits per heavy atom. The van der Waals surface area contributed by atoms with Crippen LogP contribution >= 0.6 is 0 Å². The van der Waals surface area contributed by atoms with Crippen molar-refractivity contribution in [2.45, 2.75) is 71.2 Å². The number of nitrogens with two attached hydrogens (primary N) is 2. The number of hydrogen-bond acceptors (Lipinski definition) is 7. The number of carbonyl (C=O) groups is 2. The summed E-state index contributed by atoms with van der Waals surface area (Å²) in [5.74, 6) is -0.456. The third kappa shape index (κ3) is 13.1. The van der Waals surface area contributed by atoms with Crippen molar-refractivity contribution in [3.05, 3.63) is 0 Å². The van der Waals surface area contributed by atoms with Crippen molar-refractivity contribution in [1.82, 2.24) is 5.32 Å². The standard InChI is InChI=1S/C16H33N3O5/c1-15(2,3)23-13(20)12(18)7-8-22-10-11(17)9-19-14(21)24-16(4,5)6/h11-12H,7-10,17-18H2,1-6H3,(H,19,21)/t11-,12?/m1/s1. The van der Waals surface area contributed by atoms with E-state index >= 15 is 0 Å². The average molecular weight is 347 g/mol. The van der Waals surface area contributed by atoms with Crippen LogP contribution in [0.15, 0.2) is 0 Å². The van der Waals surface area contributed by atoms with Crippen molar-refractivity contribution in [3.8, 4) is 0 Å². The molecule has 0 fully saturated rings. The molecule has 0 aliphatic rings. The number of alkyl carbamates (subject to hydrolysis) is 1. The van der Waals surface area contributed by atoms with Crippen molar-refractivity contribution in [2.24, 2.45) is 11.5 Å². The van der Waals surface area contributed by atoms with Crippen LogP contribution in [0.5, 0.6) is 0 Å². The van der Waals surface area contributed by atoms with Gasteiger partial charge < -0.3 is 31.0 Å². The van der Waals surface area contributed by atoms with E-state index in [1.54, 1.807) is 41.5 Å². The molecule has 0 heterocycles. The molecule has 0 aromatic rings. The fourth-order valence-electron chi connectivity index (χ4n) is 1.53. The Labute approximate surface area is 144 Å². The van der Waals surface area contributed by atoms with Gasteiger partial charge in [-0.25, -0.2) is 4.79 Å². The van der Waals surface area contributed by atoms with E-state index in [9.17, 15) is 9.59 Å². The van der Waals surface area contributed by atoms with Crippen LogP contribution in [-0.2, 0) is 19.0 Å². The molecule has 1 unspecified atom stereocenters. The van der Waals surface area contributed by atoms with E-state index in [0.29, 0.717) is 6.42 Å². The van der Waals surface area contributed by atoms with Gasteiger partial charge in [0.1, 0.15) is 17.2 Å². The van der Waals surface area contributed by atoms with Gasteiger partial charge in [-0.2, -0.15) is 0 Å². The Bertz CT molecular complexity index is 401. The molecule has 24 heavy (non-hydrogen) atoms. The summed E-state index contributed by atoms with van der Waals surface area (Å²) in [4.78, 5) is 23.2. The molecular weight excluding hydrogens is 314 g/mol. The second kappa shape index (κ2) is 9.80. The zero-order valence-corrected chi connectivity index (χ0v) is 15.7. The molecule has 0 aliphatic heterocycles. The molecule has 1 amide bonds. The third-order valence-electron chi connectivity index (χ3n) is 2.52. The Morgan fingerprint density at radius 3 is 2.04 bits per heavy atom. The van der Waals surface area contributed by atoms with Crippen LogP contribution in [-0.4, -0.2) is 55.1 Å². The molecule has 0 radical (unpaired) electrons. The van der Waals surface area contributed by atoms with Gasteiger partial charge in [-0.3, -0.25) is 4.79 Å². The molecule has 8 heteroatoms. The topological polar surface area (TPSA) is 126 Å². The first-order valence-corrected chi connectivity index (χ1v) is 8.09. The second-order valence-electron chi connectivity index (χ2n) is 7.65. The molecular formula is C16H33N3O5. The SMILES string of the molecule is CC(C)(C)OC(=O)NC[C@@H](N)COCCC(N)C(=O)OC(C)(C)C. The fourth-order valence-corrected chi connectivity index (χ4v) is 1.53. The highest BCUT2D eigenvalue weighted by Crippen LogP contribution is 2.09. The number of hydrogen-bond donors (Lipinski definition) is 3. The van der Waals surface area contributed by atoms with E-state index in [2.05, 4.69) is 5.32 Å². The van der Waals surface area contributed by atoms with Crippen LogP contribution in [0.1, 0.15) is 48.0 Å². The van der Waals surface area contributed by atoms with Crippen molar-refractivity contribution in [2.75, 3.05) is 19.8 Å². The lowest BCUT2D eigenvalue weighted by Crippen LogP contribution is -2.42. The van der Waals surface area contributed by atoms with Gasteiger partial charge in [-0.05, 0) is 48.0 Å². The highest BCUT2D eigenvalue weighted by atomic mass is 16.6. The van der Waals surface area contributed by atoms with Crippen LogP contribution in [0.3, 0.4) is 0 Å². The summed E-state index contributed by atoms with van der Waals surface area (Å²) < 4.78 is 15.6. The quantitative estimate of drug-likeness (QED) is 0.440. The first-order valence-electron chi connectivity index (χ1n) is 8.09. The smallest absolute Gasteiger partial charge is 0.407 e. The number of ether oxygens (including phenoxy) is 3. The Balaban J connectivity index is 3.84. The maximum Gasteiger partial charge on any atom is 0.407 e. The van der Waals surface area contributed by atoms with Crippen LogP contribution < -0.4 is 16.8 Å². The third-order valence-corrected chi connectivity index (χ3v) is 2.52. The van der Waals surface area contributed by atoms with Crippen LogP contribution in [0.2, 0.25) is 0 Å². The monoisotopic (exact) mass is 347 g/mol. The highest BCUT2D eigenvalue weighted by molar-refractivity contribution is 5.75. The van der Waals surface area contributed by atoms with E-state index in [1.165, 1.54) is 0 Å². The number of rotatable bonds is 8. The lowest BCUT2D eigenvalue weighted by Gasteiger charge is -2.22. The molecule has 0 aliphatic carbocycles. The van der Waals surface area contributed by atoms with Gasteiger partial charge in [0, 0.05) is 19.2 Å². The van der Waals surface area contributed by atoms with E-state index in [-0.39, 0.29) is 25.8 Å². The number of esters is 1. The fraction of sp³-hybridized carbons (Fsp3) is 0.875. The molecule has 2 atom stereocenters. The molecule has 0 saturated carbocycles. The van der Waals surface area contributed by atoms with Crippen molar-refractivity contribution < 1.29 is 23.8 Å². The maximum atomic E-state index is 11.7. The van der Waals surface area contributed by atoms with Gasteiger partial charge in [0.2, 0.25) is 0 Å². The van der Waals surface area contributed by atoms with E-state index in [0.717, 1.165) is 0 Å². The van der Waals surface area contributed by atoms with E-state index in [4.69, 9.17) is 25.7 Å². The molecule has 0 bridgehead atoms. The van der Waals surface area contributed by atoms with Crippen molar-refractivity contribution in [1.29, 1.82) is 0 Å². The Kier molecular flexibility index (Phi) is 9.24. The number of amides is 1. The molecule has 0 aromatic carbocycles. The first-order chi connectivity index (χ1) is 10.8. The highest BCUT2D eigenvalue weighted by Gasteiger charge is 2.22. The molecule has 0 aromatic heterocycles. The predicted octanol–water partition coefficient (Wildman–Crippen LogP) is 0.914. The normalized spacial score (nSPS) is 14.7. The summed E-state index contributed by atoms with van der Waals surface area (Å²) in [6.07, 6.45) is -0.189. The predicted molar refractivity (Wildman–Crippen MR) is 91.5 cm³/mol. The summed E-state index contributed by atoms with van der Waals surface area (Å²) in [6.45, 7) is 11.4. The minimum atomic E-state index is -0.736. The lowest BCUT2D eigenvalue weighted by atomic mass is 10.2. The zero-order valence-electron chi connectivity index (χ0n) is 15.7. The van der Waals surface area contributed by atoms with Gasteiger partial charge in [-0.1, -0.05) is 0 Å². The Morgan fingerprint density at radius 1 is 1.00 bits per heavy atom. The number of carbonyl (C=O) groups excluding carboxylic acids is 2. The molecule has 0 saturated heterocycles. The molecule has 0 rings (SSSR count). The molecule has 5 N–H and O–H groups in total. The largest absolute Gasteiger partial charge is 0.459 e. The van der Waals surface area contributed by atoms with E-state index < -0.39 is 29.3 Å². The minimum absolute atomic E-state index is 0.229. The summed E-state index contributed by atoms with van der Waals surface area (Å²) >= 11 is 0. The van der Waals surface area contributed by atoms with Gasteiger partial charge >= 0.3 is 12.1 Å². The molecule has 8 nitrogen and oxygen atoms in total. The minimum Gasteiger partial charge on any atom is -0.459 e. The maximum absolute atomic E-state index is 11.7. The van der Waals surface area contributed by atoms with Crippen molar-refractivity contribution in [3.63, 3.8) is 0 Å². The Hall–Kier alpha value is -1.38. The second-order valence-corrected chi connectivity index (χ2v) is 7.65. The first kappa shape index (κ1) is 22.6. The lowest BCUT2D eigenvalue weighted by molar-refractivity contribution is -0.156. The zero-order chi connectivity index (χ0) is 19.0. The number of nitrogens with one attached hydrogen (secondary N) is 1. The van der Waals surface area contributed by atoms with E-state index in [1.807, 2.05) is 0 Å². The summed E-state index contributed by atoms with van der Waals surface area (Å²) in [5, 5.41) is 2.57. The summed E-state index contributed by atoms with van der Waals surface area (Å²) in [7, 11) is 0. The van der Waals surface area contributed by atoms with Gasteiger partial charge in [-0.15, -0.1) is 0 Å². The molecule has 0 spiro atoms. The van der Waals surface area contributed by atoms with Crippen molar-refractivity contribution >= 4 is 12.1 Å². The average Bonchev–Trinajstić information content (AvgIpc) is 2.37. The van der Waals surface area contributed by atoms with Gasteiger partial charge in [0.25, 0.3) is 0 Å².